The number of unbranched alkanes of at least 4 members (excludes halogenated alkanes) is 3. The first-order valence-corrected chi connectivity index (χ1v) is 14.4. The van der Waals surface area contributed by atoms with Crippen molar-refractivity contribution in [2.45, 2.75) is 79.5 Å². The van der Waals surface area contributed by atoms with E-state index in [0.29, 0.717) is 6.61 Å². The van der Waals surface area contributed by atoms with Crippen LogP contribution in [0.4, 0.5) is 0 Å². The van der Waals surface area contributed by atoms with Crippen LogP contribution in [0.5, 0.6) is 0 Å². The molecule has 3 nitrogen and oxygen atoms in total. The summed E-state index contributed by atoms with van der Waals surface area (Å²) in [5.74, 6) is -1.67. The van der Waals surface area contributed by atoms with Crippen molar-refractivity contribution in [3.63, 3.8) is 0 Å². The number of carbonyl (C=O) groups excluding carboxylic acids is 1. The van der Waals surface area contributed by atoms with Crippen LogP contribution in [0, 0.1) is 0 Å². The van der Waals surface area contributed by atoms with E-state index in [1.54, 1.807) is 20.2 Å². The zero-order valence-corrected chi connectivity index (χ0v) is 17.4. The van der Waals surface area contributed by atoms with Crippen LogP contribution in [0.25, 0.3) is 0 Å². The Balaban J connectivity index is 0. The second-order valence-corrected chi connectivity index (χ2v) is 13.8. The Hall–Kier alpha value is -0.191. The fourth-order valence-corrected chi connectivity index (χ4v) is 11.3. The Morgan fingerprint density at radius 1 is 0.952 bits per heavy atom. The second-order valence-electron chi connectivity index (χ2n) is 5.20. The molecule has 0 atom stereocenters. The van der Waals surface area contributed by atoms with Crippen LogP contribution in [0.1, 0.15) is 66.2 Å². The van der Waals surface area contributed by atoms with Gasteiger partial charge in [0.2, 0.25) is 0 Å². The van der Waals surface area contributed by atoms with E-state index in [2.05, 4.69) is 32.1 Å². The van der Waals surface area contributed by atoms with Gasteiger partial charge in [0.05, 0.1) is 6.61 Å². The topological polar surface area (TPSA) is 49.4 Å². The van der Waals surface area contributed by atoms with Gasteiger partial charge in [-0.25, -0.2) is 0 Å². The molecule has 0 fully saturated rings. The van der Waals surface area contributed by atoms with E-state index in [9.17, 15) is 9.90 Å². The summed E-state index contributed by atoms with van der Waals surface area (Å²) in [6, 6.07) is 0. The summed E-state index contributed by atoms with van der Waals surface area (Å²) in [5.41, 5.74) is 0. The SMILES string of the molecule is C=C(OCC)C(=O)[O-].CCC[CH2][Sn+]([CH2]CCC)[CH2]CCC. The summed E-state index contributed by atoms with van der Waals surface area (Å²) < 4.78 is 9.48. The van der Waals surface area contributed by atoms with Crippen molar-refractivity contribution in [1.82, 2.24) is 0 Å². The molecule has 0 saturated carbocycles. The number of ether oxygens (including phenoxy) is 1. The zero-order chi connectivity index (χ0) is 16.5. The summed E-state index contributed by atoms with van der Waals surface area (Å²) in [6.45, 7) is 12.0. The van der Waals surface area contributed by atoms with Gasteiger partial charge in [-0.05, 0) is 6.92 Å². The van der Waals surface area contributed by atoms with Gasteiger partial charge in [0.1, 0.15) is 11.7 Å². The van der Waals surface area contributed by atoms with E-state index in [1.807, 2.05) is 0 Å². The Morgan fingerprint density at radius 3 is 1.52 bits per heavy atom. The molecular formula is C17H34O3Sn. The molecule has 0 heterocycles. The average Bonchev–Trinajstić information content (AvgIpc) is 2.47. The molecule has 0 aromatic rings. The maximum atomic E-state index is 9.75. The van der Waals surface area contributed by atoms with E-state index >= 15 is 0 Å². The molecule has 0 spiro atoms. The molecule has 0 N–H and O–H groups in total. The van der Waals surface area contributed by atoms with Gasteiger partial charge < -0.3 is 14.6 Å². The molecule has 0 aromatic carbocycles. The zero-order valence-electron chi connectivity index (χ0n) is 14.5. The van der Waals surface area contributed by atoms with Crippen molar-refractivity contribution in [1.29, 1.82) is 0 Å². The minimum absolute atomic E-state index is 0.312. The Kier molecular flexibility index (Phi) is 19.6. The summed E-state index contributed by atoms with van der Waals surface area (Å²) in [7, 11) is 0. The summed E-state index contributed by atoms with van der Waals surface area (Å²) >= 11 is -0.839. The third-order valence-corrected chi connectivity index (χ3v) is 12.3. The molecule has 0 rings (SSSR count). The number of carboxylic acids is 1. The monoisotopic (exact) mass is 406 g/mol. The number of hydrogen-bond acceptors (Lipinski definition) is 3. The van der Waals surface area contributed by atoms with Crippen LogP contribution in [-0.4, -0.2) is 32.3 Å². The van der Waals surface area contributed by atoms with Crippen molar-refractivity contribution in [2.75, 3.05) is 6.61 Å². The molecule has 4 heteroatoms. The normalized spacial score (nSPS) is 9.52. The summed E-state index contributed by atoms with van der Waals surface area (Å²) in [5, 5.41) is 9.75. The first kappa shape index (κ1) is 23.1. The van der Waals surface area contributed by atoms with Crippen molar-refractivity contribution in [2.24, 2.45) is 0 Å². The van der Waals surface area contributed by atoms with Gasteiger partial charge >= 0.3 is 92.4 Å². The molecule has 124 valence electrons. The molecule has 0 aliphatic heterocycles. The van der Waals surface area contributed by atoms with Crippen LogP contribution < -0.4 is 5.11 Å². The number of carboxylic acid groups (broad SMARTS) is 1. The molecule has 0 bridgehead atoms. The molecule has 0 aliphatic rings. The summed E-state index contributed by atoms with van der Waals surface area (Å²) in [4.78, 5) is 9.75. The molecule has 0 unspecified atom stereocenters. The third-order valence-electron chi connectivity index (χ3n) is 3.20. The van der Waals surface area contributed by atoms with E-state index in [0.717, 1.165) is 0 Å². The molecule has 21 heavy (non-hydrogen) atoms. The molecule has 0 saturated heterocycles. The molecule has 0 aromatic heterocycles. The predicted molar refractivity (Wildman–Crippen MR) is 90.7 cm³/mol. The standard InChI is InChI=1S/C5H8O3.3C4H9.Sn/c1-3-8-4(2)5(6)7;3*1-3-4-2;/h2-3H2,1H3,(H,6,7);3*1,3-4H2,2H3;/q;;;;+1/p-1. The van der Waals surface area contributed by atoms with E-state index in [-0.39, 0.29) is 5.76 Å². The van der Waals surface area contributed by atoms with E-state index in [4.69, 9.17) is 0 Å². The van der Waals surface area contributed by atoms with Crippen LogP contribution >= 0.6 is 0 Å². The van der Waals surface area contributed by atoms with Gasteiger partial charge in [0.25, 0.3) is 0 Å². The number of rotatable bonds is 12. The van der Waals surface area contributed by atoms with Crippen molar-refractivity contribution < 1.29 is 14.6 Å². The quantitative estimate of drug-likeness (QED) is 0.278. The van der Waals surface area contributed by atoms with Crippen LogP contribution in [0.3, 0.4) is 0 Å². The molecule has 0 radical (unpaired) electrons. The third kappa shape index (κ3) is 17.8. The summed E-state index contributed by atoms with van der Waals surface area (Å²) in [6.07, 6.45) is 8.85. The first-order valence-electron chi connectivity index (χ1n) is 8.39. The van der Waals surface area contributed by atoms with Crippen molar-refractivity contribution in [3.8, 4) is 0 Å². The number of aliphatic carboxylic acids is 1. The number of carbonyl (C=O) groups is 1. The average molecular weight is 405 g/mol. The van der Waals surface area contributed by atoms with Gasteiger partial charge in [-0.15, -0.1) is 0 Å². The van der Waals surface area contributed by atoms with Gasteiger partial charge in [-0.1, -0.05) is 6.58 Å². The minimum atomic E-state index is -1.35. The van der Waals surface area contributed by atoms with Gasteiger partial charge in [-0.2, -0.15) is 0 Å². The van der Waals surface area contributed by atoms with Gasteiger partial charge in [0.15, 0.2) is 0 Å². The molecule has 0 amide bonds. The van der Waals surface area contributed by atoms with Crippen LogP contribution in [0.15, 0.2) is 12.3 Å². The van der Waals surface area contributed by atoms with Crippen LogP contribution in [-0.2, 0) is 9.53 Å². The second kappa shape index (κ2) is 17.9. The van der Waals surface area contributed by atoms with Crippen molar-refractivity contribution >= 4 is 25.7 Å². The van der Waals surface area contributed by atoms with E-state index in [1.165, 1.54) is 38.5 Å². The van der Waals surface area contributed by atoms with Crippen molar-refractivity contribution in [3.05, 3.63) is 12.3 Å². The first-order chi connectivity index (χ1) is 10.0. The van der Waals surface area contributed by atoms with Crippen LogP contribution in [0.2, 0.25) is 13.3 Å². The number of hydrogen-bond donors (Lipinski definition) is 0. The fourth-order valence-electron chi connectivity index (χ4n) is 1.89. The van der Waals surface area contributed by atoms with Gasteiger partial charge in [0, 0.05) is 0 Å². The Labute approximate surface area is 138 Å². The Morgan fingerprint density at radius 2 is 1.33 bits per heavy atom. The molecule has 0 aliphatic carbocycles. The Bertz CT molecular complexity index is 235. The maximum absolute atomic E-state index is 9.75. The van der Waals surface area contributed by atoms with E-state index < -0.39 is 25.7 Å². The fraction of sp³-hybridized carbons (Fsp3) is 0.824. The molecular weight excluding hydrogens is 371 g/mol. The van der Waals surface area contributed by atoms with Gasteiger partial charge in [-0.3, -0.25) is 0 Å². The predicted octanol–water partition coefficient (Wildman–Crippen LogP) is 4.17.